The summed E-state index contributed by atoms with van der Waals surface area (Å²) in [6.45, 7) is 0. The molecular formula is C17H14Cl2N2O5. The second-order valence-electron chi connectivity index (χ2n) is 4.89. The Hall–Kier alpha value is -2.77. The monoisotopic (exact) mass is 396 g/mol. The number of benzene rings is 2. The van der Waals surface area contributed by atoms with Gasteiger partial charge in [-0.3, -0.25) is 4.79 Å². The van der Waals surface area contributed by atoms with E-state index in [0.29, 0.717) is 5.02 Å². The number of ether oxygens (including phenoxy) is 2. The molecule has 2 aromatic rings. The van der Waals surface area contributed by atoms with Crippen LogP contribution in [0.15, 0.2) is 35.4 Å². The van der Waals surface area contributed by atoms with Crippen molar-refractivity contribution in [2.24, 2.45) is 5.10 Å². The largest absolute Gasteiger partial charge is 0.493 e. The van der Waals surface area contributed by atoms with Gasteiger partial charge in [-0.1, -0.05) is 23.2 Å². The summed E-state index contributed by atoms with van der Waals surface area (Å²) in [4.78, 5) is 23.7. The first-order chi connectivity index (χ1) is 12.4. The summed E-state index contributed by atoms with van der Waals surface area (Å²) in [5, 5.41) is 13.8. The van der Waals surface area contributed by atoms with Gasteiger partial charge in [0, 0.05) is 10.6 Å². The van der Waals surface area contributed by atoms with E-state index in [4.69, 9.17) is 32.7 Å². The molecule has 0 unspecified atom stereocenters. The van der Waals surface area contributed by atoms with Gasteiger partial charge in [-0.25, -0.2) is 10.2 Å². The number of carboxylic acids is 1. The fourth-order valence-electron chi connectivity index (χ4n) is 2.16. The number of carboxylic acid groups (broad SMARTS) is 1. The summed E-state index contributed by atoms with van der Waals surface area (Å²) in [7, 11) is 2.72. The van der Waals surface area contributed by atoms with Crippen LogP contribution in [0.1, 0.15) is 26.3 Å². The summed E-state index contributed by atoms with van der Waals surface area (Å²) < 4.78 is 10.2. The fraction of sp³-hybridized carbons (Fsp3) is 0.118. The fourth-order valence-corrected chi connectivity index (χ4v) is 2.54. The standard InChI is InChI=1S/C17H14Cl2N2O5/c1-25-13-6-3-9(14(17(23)24)15(13)26-2)8-20-21-16(22)11-7-10(18)4-5-12(11)19/h3-8H,1-2H3,(H,21,22)(H,23,24)/b20-8-. The van der Waals surface area contributed by atoms with E-state index in [9.17, 15) is 14.7 Å². The van der Waals surface area contributed by atoms with Crippen LogP contribution in [0.4, 0.5) is 0 Å². The Morgan fingerprint density at radius 1 is 1.15 bits per heavy atom. The van der Waals surface area contributed by atoms with Gasteiger partial charge in [0.05, 0.1) is 31.0 Å². The molecule has 0 fully saturated rings. The highest BCUT2D eigenvalue weighted by Crippen LogP contribution is 2.32. The number of amides is 1. The summed E-state index contributed by atoms with van der Waals surface area (Å²) in [6, 6.07) is 7.44. The van der Waals surface area contributed by atoms with Crippen LogP contribution in [-0.4, -0.2) is 37.4 Å². The van der Waals surface area contributed by atoms with Crippen molar-refractivity contribution in [2.75, 3.05) is 14.2 Å². The van der Waals surface area contributed by atoms with Gasteiger partial charge < -0.3 is 14.6 Å². The van der Waals surface area contributed by atoms with E-state index in [-0.39, 0.29) is 33.2 Å². The van der Waals surface area contributed by atoms with Crippen LogP contribution in [0.25, 0.3) is 0 Å². The Morgan fingerprint density at radius 2 is 1.88 bits per heavy atom. The molecule has 0 radical (unpaired) electrons. The molecule has 0 saturated heterocycles. The first-order valence-electron chi connectivity index (χ1n) is 7.15. The molecule has 0 aliphatic heterocycles. The summed E-state index contributed by atoms with van der Waals surface area (Å²) in [6.07, 6.45) is 1.18. The van der Waals surface area contributed by atoms with Crippen LogP contribution < -0.4 is 14.9 Å². The third-order valence-electron chi connectivity index (χ3n) is 3.33. The number of halogens is 2. The third-order valence-corrected chi connectivity index (χ3v) is 3.90. The minimum atomic E-state index is -1.23. The highest BCUT2D eigenvalue weighted by Gasteiger charge is 2.20. The number of nitrogens with one attached hydrogen (secondary N) is 1. The second kappa shape index (κ2) is 8.55. The van der Waals surface area contributed by atoms with E-state index in [1.165, 1.54) is 44.7 Å². The van der Waals surface area contributed by atoms with Crippen molar-refractivity contribution in [1.82, 2.24) is 5.43 Å². The van der Waals surface area contributed by atoms with E-state index in [2.05, 4.69) is 10.5 Å². The van der Waals surface area contributed by atoms with E-state index in [0.717, 1.165) is 0 Å². The van der Waals surface area contributed by atoms with Crippen molar-refractivity contribution in [3.05, 3.63) is 57.1 Å². The van der Waals surface area contributed by atoms with Crippen LogP contribution in [0.2, 0.25) is 10.0 Å². The van der Waals surface area contributed by atoms with E-state index < -0.39 is 11.9 Å². The summed E-state index contributed by atoms with van der Waals surface area (Å²) in [5.41, 5.74) is 2.48. The summed E-state index contributed by atoms with van der Waals surface area (Å²) in [5.74, 6) is -1.51. The second-order valence-corrected chi connectivity index (χ2v) is 5.74. The lowest BCUT2D eigenvalue weighted by Gasteiger charge is -2.12. The first-order valence-corrected chi connectivity index (χ1v) is 7.91. The van der Waals surface area contributed by atoms with Crippen molar-refractivity contribution >= 4 is 41.3 Å². The highest BCUT2D eigenvalue weighted by molar-refractivity contribution is 6.35. The number of aromatic carboxylic acids is 1. The molecule has 0 aromatic heterocycles. The van der Waals surface area contributed by atoms with Crippen LogP contribution in [0.5, 0.6) is 11.5 Å². The van der Waals surface area contributed by atoms with Crippen LogP contribution in [0, 0.1) is 0 Å². The van der Waals surface area contributed by atoms with Crippen molar-refractivity contribution in [3.8, 4) is 11.5 Å². The zero-order valence-corrected chi connectivity index (χ0v) is 15.3. The molecule has 2 rings (SSSR count). The van der Waals surface area contributed by atoms with Gasteiger partial charge in [0.2, 0.25) is 0 Å². The lowest BCUT2D eigenvalue weighted by molar-refractivity contribution is 0.0692. The Morgan fingerprint density at radius 3 is 2.50 bits per heavy atom. The average molecular weight is 397 g/mol. The van der Waals surface area contributed by atoms with E-state index >= 15 is 0 Å². The summed E-state index contributed by atoms with van der Waals surface area (Å²) >= 11 is 11.8. The Kier molecular flexibility index (Phi) is 6.43. The molecule has 0 aliphatic rings. The zero-order valence-electron chi connectivity index (χ0n) is 13.7. The van der Waals surface area contributed by atoms with Gasteiger partial charge in [-0.05, 0) is 30.3 Å². The van der Waals surface area contributed by atoms with Crippen LogP contribution >= 0.6 is 23.2 Å². The van der Waals surface area contributed by atoms with Gasteiger partial charge in [0.1, 0.15) is 5.56 Å². The lowest BCUT2D eigenvalue weighted by Crippen LogP contribution is -2.18. The van der Waals surface area contributed by atoms with Gasteiger partial charge in [-0.15, -0.1) is 0 Å². The predicted molar refractivity (Wildman–Crippen MR) is 98.0 cm³/mol. The molecule has 0 atom stereocenters. The number of carbonyl (C=O) groups is 2. The zero-order chi connectivity index (χ0) is 19.3. The third kappa shape index (κ3) is 4.25. The van der Waals surface area contributed by atoms with Gasteiger partial charge in [-0.2, -0.15) is 5.10 Å². The lowest BCUT2D eigenvalue weighted by atomic mass is 10.1. The predicted octanol–water partition coefficient (Wildman–Crippen LogP) is 3.47. The molecule has 2 aromatic carbocycles. The SMILES string of the molecule is COc1ccc(/C=N\NC(=O)c2cc(Cl)ccc2Cl)c(C(=O)O)c1OC. The maximum atomic E-state index is 12.1. The van der Waals surface area contributed by atoms with Crippen molar-refractivity contribution < 1.29 is 24.2 Å². The quantitative estimate of drug-likeness (QED) is 0.575. The van der Waals surface area contributed by atoms with Gasteiger partial charge >= 0.3 is 5.97 Å². The normalized spacial score (nSPS) is 10.6. The van der Waals surface area contributed by atoms with Crippen molar-refractivity contribution in [1.29, 1.82) is 0 Å². The van der Waals surface area contributed by atoms with Gasteiger partial charge in [0.15, 0.2) is 11.5 Å². The molecule has 26 heavy (non-hydrogen) atoms. The van der Waals surface area contributed by atoms with Crippen LogP contribution in [-0.2, 0) is 0 Å². The maximum absolute atomic E-state index is 12.1. The van der Waals surface area contributed by atoms with Crippen molar-refractivity contribution in [3.63, 3.8) is 0 Å². The molecule has 0 heterocycles. The number of carbonyl (C=O) groups excluding carboxylic acids is 1. The molecule has 0 saturated carbocycles. The Bertz CT molecular complexity index is 884. The number of rotatable bonds is 6. The first kappa shape index (κ1) is 19.6. The van der Waals surface area contributed by atoms with Crippen LogP contribution in [0.3, 0.4) is 0 Å². The van der Waals surface area contributed by atoms with Gasteiger partial charge in [0.25, 0.3) is 5.91 Å². The Balaban J connectivity index is 2.29. The molecule has 2 N–H and O–H groups in total. The minimum absolute atomic E-state index is 0.0492. The minimum Gasteiger partial charge on any atom is -0.493 e. The van der Waals surface area contributed by atoms with Crippen molar-refractivity contribution in [2.45, 2.75) is 0 Å². The molecule has 0 aliphatic carbocycles. The molecule has 136 valence electrons. The molecular weight excluding hydrogens is 383 g/mol. The molecule has 9 heteroatoms. The van der Waals surface area contributed by atoms with E-state index in [1.807, 2.05) is 0 Å². The topological polar surface area (TPSA) is 97.2 Å². The number of hydrogen-bond acceptors (Lipinski definition) is 5. The smallest absolute Gasteiger partial charge is 0.340 e. The molecule has 0 spiro atoms. The highest BCUT2D eigenvalue weighted by atomic mass is 35.5. The molecule has 0 bridgehead atoms. The molecule has 7 nitrogen and oxygen atoms in total. The molecule has 1 amide bonds. The number of hydrazone groups is 1. The number of methoxy groups -OCH3 is 2. The number of hydrogen-bond donors (Lipinski definition) is 2. The van der Waals surface area contributed by atoms with E-state index in [1.54, 1.807) is 6.07 Å². The average Bonchev–Trinajstić information content (AvgIpc) is 2.62. The maximum Gasteiger partial charge on any atom is 0.340 e. The number of nitrogens with zero attached hydrogens (tertiary/aromatic N) is 1. The Labute approximate surface area is 159 Å².